The van der Waals surface area contributed by atoms with Crippen LogP contribution in [0.3, 0.4) is 0 Å². The largest absolute Gasteiger partial charge is 0.493 e. The number of halogens is 2. The second-order valence-corrected chi connectivity index (χ2v) is 5.01. The number of nitriles is 1. The predicted octanol–water partition coefficient (Wildman–Crippen LogP) is 4.95. The third-order valence-corrected chi connectivity index (χ3v) is 3.49. The molecule has 0 amide bonds. The molecule has 2 aromatic rings. The molecule has 0 spiro atoms. The molecular weight excluding hydrogens is 317 g/mol. The monoisotopic (exact) mass is 331 g/mol. The van der Waals surface area contributed by atoms with Gasteiger partial charge in [0.05, 0.1) is 30.4 Å². The number of nitrogens with zero attached hydrogens (tertiary/aromatic N) is 1. The van der Waals surface area contributed by atoms with E-state index in [1.165, 1.54) is 19.3 Å². The number of benzene rings is 2. The van der Waals surface area contributed by atoms with E-state index in [4.69, 9.17) is 21.1 Å². The molecule has 3 nitrogen and oxygen atoms in total. The molecule has 0 unspecified atom stereocenters. The standard InChI is InChI=1S/C18H15ClFNO2/c1-3-23-18-10-15(19)12(9-17(18)22-2)8-13(11-21)14-6-4-5-7-16(14)20/h4-10H,3H2,1-2H3/b13-8-. The smallest absolute Gasteiger partial charge is 0.162 e. The van der Waals surface area contributed by atoms with E-state index in [2.05, 4.69) is 0 Å². The molecule has 2 rings (SSSR count). The van der Waals surface area contributed by atoms with E-state index >= 15 is 0 Å². The SMILES string of the molecule is CCOc1cc(Cl)c(/C=C(/C#N)c2ccccc2F)cc1OC. The van der Waals surface area contributed by atoms with Gasteiger partial charge in [-0.25, -0.2) is 4.39 Å². The Morgan fingerprint density at radius 2 is 2.04 bits per heavy atom. The summed E-state index contributed by atoms with van der Waals surface area (Å²) in [6.07, 6.45) is 1.53. The Hall–Kier alpha value is -2.51. The van der Waals surface area contributed by atoms with Crippen LogP contribution in [0.15, 0.2) is 36.4 Å². The van der Waals surface area contributed by atoms with Crippen molar-refractivity contribution < 1.29 is 13.9 Å². The number of methoxy groups -OCH3 is 1. The summed E-state index contributed by atoms with van der Waals surface area (Å²) in [4.78, 5) is 0. The third-order valence-electron chi connectivity index (χ3n) is 3.17. The average molecular weight is 332 g/mol. The minimum Gasteiger partial charge on any atom is -0.493 e. The van der Waals surface area contributed by atoms with Gasteiger partial charge in [0, 0.05) is 11.6 Å². The molecule has 0 bridgehead atoms. The van der Waals surface area contributed by atoms with E-state index < -0.39 is 5.82 Å². The maximum Gasteiger partial charge on any atom is 0.162 e. The van der Waals surface area contributed by atoms with Gasteiger partial charge in [0.25, 0.3) is 0 Å². The Labute approximate surface area is 139 Å². The van der Waals surface area contributed by atoms with Crippen LogP contribution >= 0.6 is 11.6 Å². The highest BCUT2D eigenvalue weighted by Crippen LogP contribution is 2.35. The first-order valence-electron chi connectivity index (χ1n) is 6.97. The van der Waals surface area contributed by atoms with Crippen LogP contribution in [-0.2, 0) is 0 Å². The zero-order valence-electron chi connectivity index (χ0n) is 12.8. The molecular formula is C18H15ClFNO2. The van der Waals surface area contributed by atoms with Crippen molar-refractivity contribution in [1.82, 2.24) is 0 Å². The number of ether oxygens (including phenoxy) is 2. The van der Waals surface area contributed by atoms with Gasteiger partial charge in [0.2, 0.25) is 0 Å². The zero-order valence-corrected chi connectivity index (χ0v) is 13.5. The number of allylic oxidation sites excluding steroid dienone is 1. The van der Waals surface area contributed by atoms with E-state index in [0.29, 0.717) is 28.7 Å². The highest BCUT2D eigenvalue weighted by Gasteiger charge is 2.12. The molecule has 0 N–H and O–H groups in total. The van der Waals surface area contributed by atoms with E-state index in [0.717, 1.165) is 0 Å². The first-order chi connectivity index (χ1) is 11.1. The lowest BCUT2D eigenvalue weighted by atomic mass is 10.0. The molecule has 0 aliphatic rings. The molecule has 0 saturated carbocycles. The highest BCUT2D eigenvalue weighted by molar-refractivity contribution is 6.32. The van der Waals surface area contributed by atoms with Crippen LogP contribution in [0.1, 0.15) is 18.1 Å². The molecule has 0 fully saturated rings. The van der Waals surface area contributed by atoms with Crippen LogP contribution in [0, 0.1) is 17.1 Å². The molecule has 0 aromatic heterocycles. The maximum absolute atomic E-state index is 13.9. The van der Waals surface area contributed by atoms with Crippen LogP contribution in [-0.4, -0.2) is 13.7 Å². The van der Waals surface area contributed by atoms with Crippen LogP contribution in [0.5, 0.6) is 11.5 Å². The first-order valence-corrected chi connectivity index (χ1v) is 7.35. The molecule has 0 atom stereocenters. The normalized spacial score (nSPS) is 11.0. The lowest BCUT2D eigenvalue weighted by molar-refractivity contribution is 0.311. The van der Waals surface area contributed by atoms with Gasteiger partial charge >= 0.3 is 0 Å². The maximum atomic E-state index is 13.9. The van der Waals surface area contributed by atoms with Crippen molar-refractivity contribution in [3.05, 3.63) is 58.4 Å². The van der Waals surface area contributed by atoms with Crippen molar-refractivity contribution in [3.63, 3.8) is 0 Å². The molecule has 5 heteroatoms. The number of hydrogen-bond donors (Lipinski definition) is 0. The zero-order chi connectivity index (χ0) is 16.8. The third kappa shape index (κ3) is 3.82. The van der Waals surface area contributed by atoms with Gasteiger partial charge in [-0.05, 0) is 30.7 Å². The summed E-state index contributed by atoms with van der Waals surface area (Å²) in [5.41, 5.74) is 0.946. The molecule has 2 aromatic carbocycles. The predicted molar refractivity (Wildman–Crippen MR) is 89.1 cm³/mol. The van der Waals surface area contributed by atoms with Gasteiger partial charge in [0.1, 0.15) is 5.82 Å². The van der Waals surface area contributed by atoms with E-state index in [9.17, 15) is 9.65 Å². The van der Waals surface area contributed by atoms with E-state index in [1.54, 1.807) is 30.3 Å². The second kappa shape index (κ2) is 7.66. The van der Waals surface area contributed by atoms with Crippen LogP contribution in [0.25, 0.3) is 11.6 Å². The number of hydrogen-bond acceptors (Lipinski definition) is 3. The van der Waals surface area contributed by atoms with Crippen LogP contribution in [0.2, 0.25) is 5.02 Å². The van der Waals surface area contributed by atoms with Gasteiger partial charge < -0.3 is 9.47 Å². The van der Waals surface area contributed by atoms with Crippen molar-refractivity contribution >= 4 is 23.3 Å². The van der Waals surface area contributed by atoms with Crippen molar-refractivity contribution in [2.75, 3.05) is 13.7 Å². The minimum absolute atomic E-state index is 0.177. The topological polar surface area (TPSA) is 42.2 Å². The van der Waals surface area contributed by atoms with Crippen molar-refractivity contribution in [1.29, 1.82) is 5.26 Å². The fourth-order valence-corrected chi connectivity index (χ4v) is 2.30. The Morgan fingerprint density at radius 3 is 2.65 bits per heavy atom. The lowest BCUT2D eigenvalue weighted by Crippen LogP contribution is -1.96. The Morgan fingerprint density at radius 1 is 1.30 bits per heavy atom. The van der Waals surface area contributed by atoms with Crippen molar-refractivity contribution in [2.45, 2.75) is 6.92 Å². The summed E-state index contributed by atoms with van der Waals surface area (Å²) in [5, 5.41) is 9.72. The van der Waals surface area contributed by atoms with E-state index in [-0.39, 0.29) is 11.1 Å². The van der Waals surface area contributed by atoms with Crippen LogP contribution in [0.4, 0.5) is 4.39 Å². The molecule has 0 radical (unpaired) electrons. The molecule has 0 aliphatic carbocycles. The summed E-state index contributed by atoms with van der Waals surface area (Å²) in [5.74, 6) is 0.546. The molecule has 0 saturated heterocycles. The lowest BCUT2D eigenvalue weighted by Gasteiger charge is -2.11. The van der Waals surface area contributed by atoms with Crippen molar-refractivity contribution in [3.8, 4) is 17.6 Å². The van der Waals surface area contributed by atoms with Crippen molar-refractivity contribution in [2.24, 2.45) is 0 Å². The average Bonchev–Trinajstić information content (AvgIpc) is 2.55. The molecule has 23 heavy (non-hydrogen) atoms. The van der Waals surface area contributed by atoms with E-state index in [1.807, 2.05) is 13.0 Å². The summed E-state index contributed by atoms with van der Waals surface area (Å²) in [6, 6.07) is 11.4. The van der Waals surface area contributed by atoms with Gasteiger partial charge in [-0.2, -0.15) is 5.26 Å². The Bertz CT molecular complexity index is 781. The molecule has 0 aliphatic heterocycles. The minimum atomic E-state index is -0.464. The summed E-state index contributed by atoms with van der Waals surface area (Å²) in [7, 11) is 1.52. The Balaban J connectivity index is 2.53. The van der Waals surface area contributed by atoms with Gasteiger partial charge in [-0.1, -0.05) is 29.8 Å². The second-order valence-electron chi connectivity index (χ2n) is 4.61. The summed E-state index contributed by atoms with van der Waals surface area (Å²) in [6.45, 7) is 2.33. The summed E-state index contributed by atoms with van der Waals surface area (Å²) >= 11 is 6.24. The highest BCUT2D eigenvalue weighted by atomic mass is 35.5. The molecule has 118 valence electrons. The Kier molecular flexibility index (Phi) is 5.61. The fraction of sp³-hybridized carbons (Fsp3) is 0.167. The number of rotatable bonds is 5. The van der Waals surface area contributed by atoms with Gasteiger partial charge in [-0.3, -0.25) is 0 Å². The van der Waals surface area contributed by atoms with Gasteiger partial charge in [-0.15, -0.1) is 0 Å². The van der Waals surface area contributed by atoms with Crippen LogP contribution < -0.4 is 9.47 Å². The quantitative estimate of drug-likeness (QED) is 0.575. The first kappa shape index (κ1) is 16.9. The fourth-order valence-electron chi connectivity index (χ4n) is 2.09. The molecule has 0 heterocycles. The summed E-state index contributed by atoms with van der Waals surface area (Å²) < 4.78 is 24.6. The van der Waals surface area contributed by atoms with Gasteiger partial charge in [0.15, 0.2) is 11.5 Å².